The Labute approximate surface area is 453 Å². The van der Waals surface area contributed by atoms with Crippen LogP contribution in [-0.2, 0) is 61.9 Å². The van der Waals surface area contributed by atoms with Crippen LogP contribution in [-0.4, -0.2) is 171 Å². The van der Waals surface area contributed by atoms with Crippen LogP contribution in [0.5, 0.6) is 0 Å². The summed E-state index contributed by atoms with van der Waals surface area (Å²) >= 11 is 0. The fraction of sp³-hybridized carbons (Fsp3) is 0.772. The molecule has 3 fully saturated rings. The molecular formula is C57H88F3NO16. The Kier molecular flexibility index (Phi) is 27.3. The lowest BCUT2D eigenvalue weighted by atomic mass is 9.78. The number of alkyl halides is 3. The molecule has 77 heavy (non-hydrogen) atoms. The second-order valence-electron chi connectivity index (χ2n) is 21.7. The number of hydrogen-bond acceptors (Lipinski definition) is 16. The first-order chi connectivity index (χ1) is 36.4. The molecule has 0 aromatic rings. The molecule has 3 N–H and O–H groups in total. The molecular weight excluding hydrogens is 1010 g/mol. The van der Waals surface area contributed by atoms with E-state index in [9.17, 15) is 52.5 Å². The molecule has 438 valence electrons. The van der Waals surface area contributed by atoms with E-state index in [1.54, 1.807) is 66.0 Å². The number of methoxy groups -OCH3 is 2. The van der Waals surface area contributed by atoms with Crippen LogP contribution in [0.3, 0.4) is 0 Å². The highest BCUT2D eigenvalue weighted by molar-refractivity contribution is 6.39. The smallest absolute Gasteiger partial charge is 0.460 e. The largest absolute Gasteiger partial charge is 0.522 e. The van der Waals surface area contributed by atoms with Crippen LogP contribution in [0.15, 0.2) is 47.6 Å². The topological polar surface area (TPSA) is 223 Å². The first kappa shape index (κ1) is 65.8. The Morgan fingerprint density at radius 1 is 0.831 bits per heavy atom. The van der Waals surface area contributed by atoms with Gasteiger partial charge in [-0.2, -0.15) is 0 Å². The number of carbonyl (C=O) groups excluding carboxylic acids is 5. The number of hydrogen-bond donors (Lipinski definition) is 3. The highest BCUT2D eigenvalue weighted by Crippen LogP contribution is 2.38. The minimum absolute atomic E-state index is 0.0104. The maximum Gasteiger partial charge on any atom is 0.522 e. The summed E-state index contributed by atoms with van der Waals surface area (Å²) in [4.78, 5) is 72.7. The highest BCUT2D eigenvalue weighted by atomic mass is 19.4. The Balaban J connectivity index is 1.69. The van der Waals surface area contributed by atoms with Crippen LogP contribution in [0.25, 0.3) is 0 Å². The van der Waals surface area contributed by atoms with Gasteiger partial charge in [0.15, 0.2) is 5.78 Å². The fourth-order valence-corrected chi connectivity index (χ4v) is 11.0. The Hall–Kier alpha value is -3.70. The van der Waals surface area contributed by atoms with E-state index in [2.05, 4.69) is 4.74 Å². The third kappa shape index (κ3) is 20.1. The summed E-state index contributed by atoms with van der Waals surface area (Å²) in [7, 11) is 2.95. The number of esters is 1. The Bertz CT molecular complexity index is 2030. The van der Waals surface area contributed by atoms with Crippen molar-refractivity contribution in [2.75, 3.05) is 60.4 Å². The minimum atomic E-state index is -4.80. The zero-order chi connectivity index (χ0) is 57.0. The Morgan fingerprint density at radius 2 is 1.56 bits per heavy atom. The molecule has 20 heteroatoms. The summed E-state index contributed by atoms with van der Waals surface area (Å²) in [5.41, 5.74) is 1.04. The Morgan fingerprint density at radius 3 is 2.25 bits per heavy atom. The number of cyclic esters (lactones) is 1. The summed E-state index contributed by atoms with van der Waals surface area (Å²) in [6, 6.07) is -1.23. The zero-order valence-corrected chi connectivity index (χ0v) is 46.7. The van der Waals surface area contributed by atoms with E-state index in [0.717, 1.165) is 11.3 Å². The van der Waals surface area contributed by atoms with Gasteiger partial charge in [-0.3, -0.25) is 23.9 Å². The summed E-state index contributed by atoms with van der Waals surface area (Å²) in [6.45, 7) is 11.2. The first-order valence-corrected chi connectivity index (χ1v) is 27.5. The van der Waals surface area contributed by atoms with Crippen molar-refractivity contribution in [3.05, 3.63) is 47.6 Å². The number of fused-ring (bicyclic) bond motifs is 3. The van der Waals surface area contributed by atoms with Gasteiger partial charge in [0.05, 0.1) is 64.1 Å². The van der Waals surface area contributed by atoms with Crippen molar-refractivity contribution in [3.8, 4) is 0 Å². The van der Waals surface area contributed by atoms with E-state index in [1.807, 2.05) is 26.0 Å². The van der Waals surface area contributed by atoms with Crippen LogP contribution in [0.1, 0.15) is 126 Å². The molecule has 0 radical (unpaired) electrons. The van der Waals surface area contributed by atoms with E-state index < -0.39 is 96.6 Å². The average Bonchev–Trinajstić information content (AvgIpc) is 3.39. The minimum Gasteiger partial charge on any atom is -0.460 e. The molecule has 4 aliphatic rings. The number of carbonyl (C=O) groups is 5. The number of halogens is 3. The van der Waals surface area contributed by atoms with Crippen molar-refractivity contribution in [3.63, 3.8) is 0 Å². The van der Waals surface area contributed by atoms with E-state index >= 15 is 0 Å². The normalized spacial score (nSPS) is 36.2. The van der Waals surface area contributed by atoms with E-state index in [4.69, 9.17) is 33.2 Å². The predicted octanol–water partition coefficient (Wildman–Crippen LogP) is 7.12. The standard InChI is InChI=1S/C57H88F3NO16/c1-35-15-11-10-12-16-36(2)47(74-27-25-72-26-28-75-57(58,59)60)33-43-20-18-41(7)56(69,77-43)53(66)54(67)61-22-14-13-17-44(61)55(68)76-48(38(4)31-42-19-21-46(73-24-23-62)49(32-42)70-8)34-45(63)37(3)30-40(6)51(65)52(71-9)50(64)39(5)29-35/h10-12,15-16,30,35,37-39,41-44,46-49,51-52,62,65,69H,13-14,17-29,31-34H2,1-9H3/b12-10+,15-11+,36-16+,40-30+/t35-,37-,38-,39-,41-,42?,43+,44+,46-,47+,48?,49-,51-,52+,56-/m1/s1. The average molecular weight is 1100 g/mol. The molecule has 1 saturated carbocycles. The number of piperidine rings is 1. The lowest BCUT2D eigenvalue weighted by molar-refractivity contribution is -0.327. The van der Waals surface area contributed by atoms with Gasteiger partial charge < -0.3 is 53.4 Å². The lowest BCUT2D eigenvalue weighted by Crippen LogP contribution is -2.61. The zero-order valence-electron chi connectivity index (χ0n) is 46.7. The third-order valence-electron chi connectivity index (χ3n) is 15.6. The molecule has 17 nitrogen and oxygen atoms in total. The fourth-order valence-electron chi connectivity index (χ4n) is 11.0. The first-order valence-electron chi connectivity index (χ1n) is 27.5. The molecule has 0 aromatic heterocycles. The SMILES string of the molecule is CO[C@@H]1CC(C[C@@H](C)C2CC(=O)[C@H](C)/C=C(\C)[C@@H](O)[C@@H](OC)C(=O)[C@H](C)C[C@H](C)/C=C/C=C/C=C(\C)[C@@H](OCCOCCOC(F)(F)F)C[C@@H]3CC[C@@H](C)[C@@](O)(O3)C(=O)C(=O)N3CCCC[C@H]3C(=O)O2)CC[C@H]1OCCO. The molecule has 3 heterocycles. The van der Waals surface area contributed by atoms with Crippen molar-refractivity contribution in [1.29, 1.82) is 0 Å². The maximum absolute atomic E-state index is 14.6. The number of rotatable bonds is 15. The number of nitrogens with zero attached hydrogens (tertiary/aromatic N) is 1. The van der Waals surface area contributed by atoms with Gasteiger partial charge in [-0.15, -0.1) is 13.2 Å². The van der Waals surface area contributed by atoms with Gasteiger partial charge in [0, 0.05) is 51.4 Å². The van der Waals surface area contributed by atoms with E-state index in [0.29, 0.717) is 56.1 Å². The summed E-state index contributed by atoms with van der Waals surface area (Å²) in [5, 5.41) is 33.0. The third-order valence-corrected chi connectivity index (χ3v) is 15.6. The number of ether oxygens (including phenoxy) is 8. The monoisotopic (exact) mass is 1100 g/mol. The number of amides is 1. The molecule has 3 aliphatic heterocycles. The van der Waals surface area contributed by atoms with Crippen molar-refractivity contribution in [2.45, 2.75) is 186 Å². The van der Waals surface area contributed by atoms with Gasteiger partial charge in [-0.1, -0.05) is 71.1 Å². The second kappa shape index (κ2) is 31.9. The number of aliphatic hydroxyl groups excluding tert-OH is 2. The van der Waals surface area contributed by atoms with Gasteiger partial charge in [0.2, 0.25) is 5.79 Å². The van der Waals surface area contributed by atoms with Crippen molar-refractivity contribution < 1.29 is 90.4 Å². The van der Waals surface area contributed by atoms with Gasteiger partial charge in [-0.25, -0.2) is 4.79 Å². The van der Waals surface area contributed by atoms with Crippen LogP contribution in [0, 0.1) is 35.5 Å². The maximum atomic E-state index is 14.6. The molecule has 1 amide bonds. The molecule has 2 saturated heterocycles. The van der Waals surface area contributed by atoms with Crippen molar-refractivity contribution >= 4 is 29.2 Å². The van der Waals surface area contributed by atoms with Crippen molar-refractivity contribution in [1.82, 2.24) is 4.90 Å². The molecule has 1 aliphatic carbocycles. The van der Waals surface area contributed by atoms with Crippen molar-refractivity contribution in [2.24, 2.45) is 35.5 Å². The highest BCUT2D eigenvalue weighted by Gasteiger charge is 2.53. The summed E-state index contributed by atoms with van der Waals surface area (Å²) in [5.74, 6) is -8.88. The van der Waals surface area contributed by atoms with Crippen LogP contribution in [0.2, 0.25) is 0 Å². The van der Waals surface area contributed by atoms with Crippen LogP contribution >= 0.6 is 0 Å². The van der Waals surface area contributed by atoms with E-state index in [1.165, 1.54) is 7.11 Å². The summed E-state index contributed by atoms with van der Waals surface area (Å²) < 4.78 is 82.5. The molecule has 2 bridgehead atoms. The molecule has 0 spiro atoms. The predicted molar refractivity (Wildman–Crippen MR) is 278 cm³/mol. The second-order valence-corrected chi connectivity index (χ2v) is 21.7. The number of ketones is 3. The molecule has 15 atom stereocenters. The molecule has 2 unspecified atom stereocenters. The number of aliphatic hydroxyl groups is 3. The lowest BCUT2D eigenvalue weighted by Gasteiger charge is -2.43. The molecule has 0 aromatic carbocycles. The van der Waals surface area contributed by atoms with Crippen LogP contribution < -0.4 is 0 Å². The summed E-state index contributed by atoms with van der Waals surface area (Å²) in [6.07, 6.45) is 5.03. The van der Waals surface area contributed by atoms with Gasteiger partial charge in [0.1, 0.15) is 30.1 Å². The van der Waals surface area contributed by atoms with Gasteiger partial charge in [0.25, 0.3) is 11.7 Å². The number of Topliss-reactive ketones (excluding diaryl/α,β-unsaturated/α-hetero) is 3. The van der Waals surface area contributed by atoms with Gasteiger partial charge in [-0.05, 0) is 107 Å². The van der Waals surface area contributed by atoms with E-state index in [-0.39, 0.29) is 101 Å². The molecule has 4 rings (SSSR count). The number of allylic oxidation sites excluding steroid dienone is 6. The van der Waals surface area contributed by atoms with Crippen LogP contribution in [0.4, 0.5) is 13.2 Å². The quantitative estimate of drug-likeness (QED) is 0.0643. The van der Waals surface area contributed by atoms with Gasteiger partial charge >= 0.3 is 12.3 Å².